The number of hydrogen-bond acceptors (Lipinski definition) is 2. The molecule has 1 aromatic carbocycles. The number of aliphatic hydroxyl groups excluding tert-OH is 1. The van der Waals surface area contributed by atoms with Crippen molar-refractivity contribution in [2.24, 2.45) is 0 Å². The van der Waals surface area contributed by atoms with Crippen LogP contribution in [0.2, 0.25) is 0 Å². The molecule has 1 aromatic rings. The summed E-state index contributed by atoms with van der Waals surface area (Å²) < 4.78 is 17.6. The lowest BCUT2D eigenvalue weighted by Gasteiger charge is -2.06. The normalized spacial score (nSPS) is 23.7. The highest BCUT2D eigenvalue weighted by atomic mass is 19.1. The zero-order valence-corrected chi connectivity index (χ0v) is 6.40. The molecule has 0 saturated carbocycles. The van der Waals surface area contributed by atoms with E-state index in [4.69, 9.17) is 4.74 Å². The van der Waals surface area contributed by atoms with E-state index in [1.54, 1.807) is 12.1 Å². The van der Waals surface area contributed by atoms with E-state index in [0.29, 0.717) is 12.2 Å². The first-order valence-corrected chi connectivity index (χ1v) is 3.82. The Balaban J connectivity index is 2.20. The van der Waals surface area contributed by atoms with Crippen molar-refractivity contribution in [3.63, 3.8) is 0 Å². The smallest absolute Gasteiger partial charge is 0.123 e. The molecule has 1 heterocycles. The Morgan fingerprint density at radius 3 is 2.92 bits per heavy atom. The molecule has 1 saturated heterocycles. The minimum absolute atomic E-state index is 0.133. The lowest BCUT2D eigenvalue weighted by atomic mass is 10.1. The highest BCUT2D eigenvalue weighted by Gasteiger charge is 2.32. The largest absolute Gasteiger partial charge is 0.386 e. The first kappa shape index (κ1) is 7.71. The molecule has 0 spiro atoms. The Hall–Kier alpha value is -0.930. The molecule has 1 fully saturated rings. The maximum Gasteiger partial charge on any atom is 0.123 e. The van der Waals surface area contributed by atoms with Crippen molar-refractivity contribution < 1.29 is 14.2 Å². The predicted octanol–water partition coefficient (Wildman–Crippen LogP) is 1.26. The molecule has 1 aliphatic rings. The van der Waals surface area contributed by atoms with Crippen LogP contribution in [-0.2, 0) is 4.74 Å². The zero-order valence-electron chi connectivity index (χ0n) is 6.40. The number of hydrogen-bond donors (Lipinski definition) is 1. The average Bonchev–Trinajstić information content (AvgIpc) is 2.85. The number of halogens is 1. The van der Waals surface area contributed by atoms with Crippen LogP contribution in [0.15, 0.2) is 24.3 Å². The van der Waals surface area contributed by atoms with E-state index in [9.17, 15) is 9.50 Å². The van der Waals surface area contributed by atoms with Crippen LogP contribution in [0.1, 0.15) is 11.7 Å². The minimum Gasteiger partial charge on any atom is -0.386 e. The topological polar surface area (TPSA) is 32.8 Å². The molecule has 2 nitrogen and oxygen atoms in total. The fourth-order valence-corrected chi connectivity index (χ4v) is 1.14. The summed E-state index contributed by atoms with van der Waals surface area (Å²) in [6, 6.07) is 5.95. The molecule has 0 radical (unpaired) electrons. The molecule has 1 N–H and O–H groups in total. The third-order valence-electron chi connectivity index (χ3n) is 1.90. The van der Waals surface area contributed by atoms with Gasteiger partial charge < -0.3 is 9.84 Å². The molecule has 0 aliphatic carbocycles. The summed E-state index contributed by atoms with van der Waals surface area (Å²) in [6.45, 7) is 0.567. The van der Waals surface area contributed by atoms with Gasteiger partial charge in [0.2, 0.25) is 0 Å². The van der Waals surface area contributed by atoms with Crippen LogP contribution in [0.25, 0.3) is 0 Å². The zero-order chi connectivity index (χ0) is 8.55. The molecule has 0 bridgehead atoms. The maximum absolute atomic E-state index is 12.7. The summed E-state index contributed by atoms with van der Waals surface area (Å²) in [5.41, 5.74) is 0.581. The standard InChI is InChI=1S/C9H9FO2/c10-7-3-1-2-6(4-7)9(11)8-5-12-8/h1-4,8-9,11H,5H2/t8-,9-/m1/s1. The Labute approximate surface area is 69.6 Å². The second-order valence-corrected chi connectivity index (χ2v) is 2.87. The average molecular weight is 168 g/mol. The van der Waals surface area contributed by atoms with Gasteiger partial charge in [-0.05, 0) is 17.7 Å². The quantitative estimate of drug-likeness (QED) is 0.674. The second-order valence-electron chi connectivity index (χ2n) is 2.87. The predicted molar refractivity (Wildman–Crippen MR) is 41.1 cm³/mol. The van der Waals surface area contributed by atoms with E-state index in [1.807, 2.05) is 0 Å². The summed E-state index contributed by atoms with van der Waals surface area (Å²) in [4.78, 5) is 0. The van der Waals surface area contributed by atoms with E-state index >= 15 is 0 Å². The molecular weight excluding hydrogens is 159 g/mol. The Morgan fingerprint density at radius 2 is 2.33 bits per heavy atom. The lowest BCUT2D eigenvalue weighted by Crippen LogP contribution is -2.04. The van der Waals surface area contributed by atoms with Gasteiger partial charge in [-0.1, -0.05) is 12.1 Å². The van der Waals surface area contributed by atoms with E-state index in [-0.39, 0.29) is 11.9 Å². The SMILES string of the molecule is O[C@H](c1cccc(F)c1)[C@H]1CO1. The van der Waals surface area contributed by atoms with Crippen molar-refractivity contribution in [3.8, 4) is 0 Å². The highest BCUT2D eigenvalue weighted by molar-refractivity contribution is 5.20. The van der Waals surface area contributed by atoms with Gasteiger partial charge in [0.1, 0.15) is 18.0 Å². The van der Waals surface area contributed by atoms with Crippen LogP contribution in [0.4, 0.5) is 4.39 Å². The van der Waals surface area contributed by atoms with Gasteiger partial charge in [-0.3, -0.25) is 0 Å². The lowest BCUT2D eigenvalue weighted by molar-refractivity contribution is 0.136. The van der Waals surface area contributed by atoms with Crippen molar-refractivity contribution >= 4 is 0 Å². The van der Waals surface area contributed by atoms with Crippen LogP contribution < -0.4 is 0 Å². The monoisotopic (exact) mass is 168 g/mol. The summed E-state index contributed by atoms with van der Waals surface area (Å²) >= 11 is 0. The molecule has 0 aromatic heterocycles. The summed E-state index contributed by atoms with van der Waals surface area (Å²) in [5, 5.41) is 9.49. The fourth-order valence-electron chi connectivity index (χ4n) is 1.14. The fraction of sp³-hybridized carbons (Fsp3) is 0.333. The summed E-state index contributed by atoms with van der Waals surface area (Å²) in [5.74, 6) is -0.327. The van der Waals surface area contributed by atoms with Gasteiger partial charge in [-0.15, -0.1) is 0 Å². The van der Waals surface area contributed by atoms with Crippen molar-refractivity contribution in [2.45, 2.75) is 12.2 Å². The van der Waals surface area contributed by atoms with Gasteiger partial charge in [-0.2, -0.15) is 0 Å². The van der Waals surface area contributed by atoms with Gasteiger partial charge in [0.15, 0.2) is 0 Å². The molecule has 0 amide bonds. The van der Waals surface area contributed by atoms with E-state index < -0.39 is 6.10 Å². The first-order valence-electron chi connectivity index (χ1n) is 3.82. The van der Waals surface area contributed by atoms with Gasteiger partial charge >= 0.3 is 0 Å². The molecular formula is C9H9FO2. The highest BCUT2D eigenvalue weighted by Crippen LogP contribution is 2.27. The van der Waals surface area contributed by atoms with Crippen molar-refractivity contribution in [1.29, 1.82) is 0 Å². The Morgan fingerprint density at radius 1 is 1.58 bits per heavy atom. The van der Waals surface area contributed by atoms with E-state index in [1.165, 1.54) is 12.1 Å². The van der Waals surface area contributed by atoms with Gasteiger partial charge in [0.05, 0.1) is 6.61 Å². The second kappa shape index (κ2) is 2.84. The minimum atomic E-state index is -0.680. The van der Waals surface area contributed by atoms with Crippen LogP contribution in [0, 0.1) is 5.82 Å². The molecule has 64 valence electrons. The van der Waals surface area contributed by atoms with E-state index in [0.717, 1.165) is 0 Å². The molecule has 2 atom stereocenters. The first-order chi connectivity index (χ1) is 5.77. The van der Waals surface area contributed by atoms with Crippen molar-refractivity contribution in [3.05, 3.63) is 35.6 Å². The van der Waals surface area contributed by atoms with Crippen LogP contribution in [-0.4, -0.2) is 17.8 Å². The van der Waals surface area contributed by atoms with E-state index in [2.05, 4.69) is 0 Å². The third kappa shape index (κ3) is 1.47. The van der Waals surface area contributed by atoms with Gasteiger partial charge in [0.25, 0.3) is 0 Å². The van der Waals surface area contributed by atoms with Crippen LogP contribution in [0.5, 0.6) is 0 Å². The summed E-state index contributed by atoms with van der Waals surface area (Å²) in [7, 11) is 0. The number of ether oxygens (including phenoxy) is 1. The number of rotatable bonds is 2. The number of benzene rings is 1. The summed E-state index contributed by atoms with van der Waals surface area (Å²) in [6.07, 6.45) is -0.813. The molecule has 0 unspecified atom stereocenters. The Bertz CT molecular complexity index is 284. The van der Waals surface area contributed by atoms with Crippen LogP contribution >= 0.6 is 0 Å². The van der Waals surface area contributed by atoms with Gasteiger partial charge in [-0.25, -0.2) is 4.39 Å². The van der Waals surface area contributed by atoms with Gasteiger partial charge in [0, 0.05) is 0 Å². The third-order valence-corrected chi connectivity index (χ3v) is 1.90. The molecule has 12 heavy (non-hydrogen) atoms. The van der Waals surface area contributed by atoms with Crippen LogP contribution in [0.3, 0.4) is 0 Å². The van der Waals surface area contributed by atoms with Crippen molar-refractivity contribution in [1.82, 2.24) is 0 Å². The molecule has 3 heteroatoms. The maximum atomic E-state index is 12.7. The molecule has 1 aliphatic heterocycles. The Kier molecular flexibility index (Phi) is 1.83. The molecule has 2 rings (SSSR count). The number of epoxide rings is 1. The van der Waals surface area contributed by atoms with Crippen molar-refractivity contribution in [2.75, 3.05) is 6.61 Å². The number of aliphatic hydroxyl groups is 1.